The highest BCUT2D eigenvalue weighted by Gasteiger charge is 2.30. The summed E-state index contributed by atoms with van der Waals surface area (Å²) in [5.74, 6) is 1.08. The highest BCUT2D eigenvalue weighted by atomic mass is 32.4. The quantitative estimate of drug-likeness (QED) is 0.636. The summed E-state index contributed by atoms with van der Waals surface area (Å²) in [6.45, 7) is 10.2. The number of methoxy groups -OCH3 is 2. The molecule has 4 nitrogen and oxygen atoms in total. The van der Waals surface area contributed by atoms with Crippen molar-refractivity contribution in [2.75, 3.05) is 20.9 Å². The first-order valence-corrected chi connectivity index (χ1v) is 12.6. The average molecular weight is 420 g/mol. The van der Waals surface area contributed by atoms with Gasteiger partial charge in [-0.1, -0.05) is 42.1 Å². The molecule has 0 N–H and O–H groups in total. The predicted molar refractivity (Wildman–Crippen MR) is 122 cm³/mol. The minimum absolute atomic E-state index is 0.0343. The third-order valence-corrected chi connectivity index (χ3v) is 8.58. The van der Waals surface area contributed by atoms with E-state index in [4.69, 9.17) is 21.3 Å². The van der Waals surface area contributed by atoms with Gasteiger partial charge < -0.3 is 14.4 Å². The van der Waals surface area contributed by atoms with E-state index >= 15 is 0 Å². The van der Waals surface area contributed by atoms with Crippen LogP contribution in [0.25, 0.3) is 0 Å². The van der Waals surface area contributed by atoms with E-state index in [-0.39, 0.29) is 18.0 Å². The van der Waals surface area contributed by atoms with Crippen molar-refractivity contribution in [3.05, 3.63) is 48.0 Å². The number of carbonyl (C=O) groups is 1. The third-order valence-electron chi connectivity index (χ3n) is 4.79. The molecule has 0 fully saturated rings. The lowest BCUT2D eigenvalue weighted by Gasteiger charge is -2.33. The zero-order valence-corrected chi connectivity index (χ0v) is 19.4. The van der Waals surface area contributed by atoms with Gasteiger partial charge in [-0.15, -0.1) is 0 Å². The van der Waals surface area contributed by atoms with Gasteiger partial charge in [0.1, 0.15) is 0 Å². The van der Waals surface area contributed by atoms with Crippen molar-refractivity contribution in [1.82, 2.24) is 4.90 Å². The third kappa shape index (κ3) is 4.42. The molecule has 0 heterocycles. The van der Waals surface area contributed by atoms with Crippen molar-refractivity contribution in [2.24, 2.45) is 0 Å². The second-order valence-electron chi connectivity index (χ2n) is 7.38. The van der Waals surface area contributed by atoms with Crippen molar-refractivity contribution < 1.29 is 14.3 Å². The molecule has 0 radical (unpaired) electrons. The Morgan fingerprint density at radius 3 is 1.93 bits per heavy atom. The lowest BCUT2D eigenvalue weighted by Crippen LogP contribution is -2.43. The molecule has 1 atom stereocenters. The van der Waals surface area contributed by atoms with Gasteiger partial charge in [-0.25, -0.2) is 0 Å². The summed E-state index contributed by atoms with van der Waals surface area (Å²) in [6, 6.07) is 11.6. The smallest absolute Gasteiger partial charge is 0.255 e. The number of carbonyl (C=O) groups excluding carboxylic acids is 1. The molecule has 1 amide bonds. The van der Waals surface area contributed by atoms with Gasteiger partial charge in [-0.2, -0.15) is 0 Å². The minimum Gasteiger partial charge on any atom is -0.493 e. The largest absolute Gasteiger partial charge is 0.493 e. The maximum Gasteiger partial charge on any atom is 0.255 e. The van der Waals surface area contributed by atoms with Crippen LogP contribution in [0.15, 0.2) is 42.5 Å². The van der Waals surface area contributed by atoms with Crippen molar-refractivity contribution in [3.63, 3.8) is 0 Å². The van der Waals surface area contributed by atoms with Crippen molar-refractivity contribution in [2.45, 2.75) is 39.8 Å². The number of hydrogen-bond acceptors (Lipinski definition) is 4. The van der Waals surface area contributed by atoms with E-state index in [1.54, 1.807) is 20.3 Å². The lowest BCUT2D eigenvalue weighted by atomic mass is 10.1. The molecule has 152 valence electrons. The number of benzene rings is 2. The van der Waals surface area contributed by atoms with Crippen LogP contribution in [0.3, 0.4) is 0 Å². The highest BCUT2D eigenvalue weighted by molar-refractivity contribution is 8.21. The summed E-state index contributed by atoms with van der Waals surface area (Å²) in [7, 11) is 3.17. The molecule has 0 aliphatic heterocycles. The van der Waals surface area contributed by atoms with Gasteiger partial charge >= 0.3 is 0 Å². The zero-order valence-electron chi connectivity index (χ0n) is 17.7. The normalized spacial score (nSPS) is 13.3. The molecule has 0 spiro atoms. The van der Waals surface area contributed by atoms with Crippen molar-refractivity contribution in [3.8, 4) is 11.5 Å². The van der Waals surface area contributed by atoms with Gasteiger partial charge in [0.05, 0.1) is 19.8 Å². The first-order valence-electron chi connectivity index (χ1n) is 9.37. The standard InChI is InChI=1S/C22H30NO3PS/c1-15(2)23(16(3)4)22(24)18-13-19(25-5)20(26-6)14-21(18)27(7,28)17-11-9-8-10-12-17/h8-16H,1-7H3. The van der Waals surface area contributed by atoms with E-state index in [1.165, 1.54) is 0 Å². The minimum atomic E-state index is -2.21. The van der Waals surface area contributed by atoms with Crippen LogP contribution in [0.2, 0.25) is 0 Å². The maximum atomic E-state index is 13.6. The van der Waals surface area contributed by atoms with Gasteiger partial charge in [0.2, 0.25) is 0 Å². The molecule has 2 aromatic rings. The summed E-state index contributed by atoms with van der Waals surface area (Å²) >= 11 is 6.13. The lowest BCUT2D eigenvalue weighted by molar-refractivity contribution is 0.0645. The average Bonchev–Trinajstić information content (AvgIpc) is 2.66. The van der Waals surface area contributed by atoms with Gasteiger partial charge in [0.15, 0.2) is 11.5 Å². The van der Waals surface area contributed by atoms with Crippen molar-refractivity contribution >= 4 is 34.4 Å². The monoisotopic (exact) mass is 419 g/mol. The molecule has 6 heteroatoms. The second-order valence-corrected chi connectivity index (χ2v) is 12.4. The number of ether oxygens (including phenoxy) is 2. The number of hydrogen-bond donors (Lipinski definition) is 0. The molecule has 28 heavy (non-hydrogen) atoms. The molecular weight excluding hydrogens is 389 g/mol. The molecule has 0 bridgehead atoms. The van der Waals surface area contributed by atoms with Crippen LogP contribution in [0.1, 0.15) is 38.1 Å². The fraction of sp³-hybridized carbons (Fsp3) is 0.409. The summed E-state index contributed by atoms with van der Waals surface area (Å²) in [6.07, 6.45) is 0. The Kier molecular flexibility index (Phi) is 7.30. The SMILES string of the molecule is COc1cc(C(=O)N(C(C)C)C(C)C)c(P(C)(=S)c2ccccc2)cc1OC. The fourth-order valence-corrected chi connectivity index (χ4v) is 6.27. The van der Waals surface area contributed by atoms with E-state index < -0.39 is 6.04 Å². The summed E-state index contributed by atoms with van der Waals surface area (Å²) in [5, 5.41) is 1.91. The summed E-state index contributed by atoms with van der Waals surface area (Å²) in [5.41, 5.74) is 0.592. The van der Waals surface area contributed by atoms with E-state index in [2.05, 4.69) is 6.66 Å². The Labute approximate surface area is 173 Å². The van der Waals surface area contributed by atoms with E-state index in [1.807, 2.05) is 69.0 Å². The second kappa shape index (κ2) is 9.11. The van der Waals surface area contributed by atoms with Gasteiger partial charge in [-0.3, -0.25) is 4.79 Å². The Hall–Kier alpha value is -1.84. The van der Waals surface area contributed by atoms with Crippen LogP contribution in [0.4, 0.5) is 0 Å². The first-order chi connectivity index (χ1) is 13.1. The van der Waals surface area contributed by atoms with E-state index in [9.17, 15) is 4.79 Å². The van der Waals surface area contributed by atoms with E-state index in [0.717, 1.165) is 10.6 Å². The van der Waals surface area contributed by atoms with Crippen LogP contribution >= 0.6 is 6.04 Å². The molecule has 0 aliphatic rings. The first kappa shape index (κ1) is 22.4. The predicted octanol–water partition coefficient (Wildman–Crippen LogP) is 4.02. The molecule has 0 aliphatic carbocycles. The summed E-state index contributed by atoms with van der Waals surface area (Å²) in [4.78, 5) is 15.5. The molecule has 2 aromatic carbocycles. The Morgan fingerprint density at radius 2 is 1.46 bits per heavy atom. The molecular formula is C22H30NO3PS. The topological polar surface area (TPSA) is 38.8 Å². The van der Waals surface area contributed by atoms with E-state index in [0.29, 0.717) is 17.1 Å². The van der Waals surface area contributed by atoms with Gasteiger partial charge in [0, 0.05) is 23.4 Å². The highest BCUT2D eigenvalue weighted by Crippen LogP contribution is 2.43. The van der Waals surface area contributed by atoms with Crippen molar-refractivity contribution in [1.29, 1.82) is 0 Å². The summed E-state index contributed by atoms with van der Waals surface area (Å²) < 4.78 is 11.0. The number of rotatable bonds is 7. The number of nitrogens with zero attached hydrogens (tertiary/aromatic N) is 1. The molecule has 1 unspecified atom stereocenters. The molecule has 0 saturated carbocycles. The Balaban J connectivity index is 2.77. The Morgan fingerprint density at radius 1 is 0.964 bits per heavy atom. The molecule has 2 rings (SSSR count). The number of amides is 1. The van der Waals surface area contributed by atoms with Crippen LogP contribution in [0.5, 0.6) is 11.5 Å². The fourth-order valence-electron chi connectivity index (χ4n) is 3.45. The maximum absolute atomic E-state index is 13.6. The van der Waals surface area contributed by atoms with Gasteiger partial charge in [0.25, 0.3) is 5.91 Å². The van der Waals surface area contributed by atoms with Crippen LogP contribution < -0.4 is 20.1 Å². The molecule has 0 aromatic heterocycles. The van der Waals surface area contributed by atoms with Crippen LogP contribution in [0, 0.1) is 0 Å². The van der Waals surface area contributed by atoms with Gasteiger partial charge in [-0.05, 0) is 51.8 Å². The molecule has 0 saturated heterocycles. The van der Waals surface area contributed by atoms with Crippen LogP contribution in [-0.4, -0.2) is 43.8 Å². The Bertz CT molecular complexity index is 873. The van der Waals surface area contributed by atoms with Crippen LogP contribution in [-0.2, 0) is 11.8 Å². The zero-order chi connectivity index (χ0) is 21.1.